The molecule has 0 aliphatic heterocycles. The Morgan fingerprint density at radius 2 is 1.75 bits per heavy atom. The van der Waals surface area contributed by atoms with Crippen molar-refractivity contribution in [3.63, 3.8) is 0 Å². The molecule has 1 aromatic rings. The van der Waals surface area contributed by atoms with Crippen LogP contribution in [0.25, 0.3) is 5.57 Å². The average Bonchev–Trinajstić information content (AvgIpc) is 2.58. The number of rotatable bonds is 8. The molecule has 0 heterocycles. The van der Waals surface area contributed by atoms with Gasteiger partial charge in [0, 0.05) is 21.7 Å². The van der Waals surface area contributed by atoms with Crippen molar-refractivity contribution in [2.75, 3.05) is 13.7 Å². The van der Waals surface area contributed by atoms with Crippen molar-refractivity contribution < 1.29 is 19.1 Å². The van der Waals surface area contributed by atoms with E-state index in [0.29, 0.717) is 22.8 Å². The number of ketones is 1. The minimum atomic E-state index is -0.678. The van der Waals surface area contributed by atoms with Crippen molar-refractivity contribution >= 4 is 28.9 Å². The van der Waals surface area contributed by atoms with Gasteiger partial charge in [-0.05, 0) is 31.0 Å². The third-order valence-corrected chi connectivity index (χ3v) is 3.70. The predicted molar refractivity (Wildman–Crippen MR) is 96.3 cm³/mol. The van der Waals surface area contributed by atoms with Gasteiger partial charge < -0.3 is 9.47 Å². The summed E-state index contributed by atoms with van der Waals surface area (Å²) in [5, 5.41) is 0.502. The Labute approximate surface area is 147 Å². The highest BCUT2D eigenvalue weighted by Gasteiger charge is 2.24. The lowest BCUT2D eigenvalue weighted by molar-refractivity contribution is -0.138. The summed E-state index contributed by atoms with van der Waals surface area (Å²) in [6, 6.07) is 3.36. The van der Waals surface area contributed by atoms with Crippen molar-refractivity contribution in [3.8, 4) is 5.75 Å². The highest BCUT2D eigenvalue weighted by atomic mass is 35.5. The Kier molecular flexibility index (Phi) is 6.98. The maximum atomic E-state index is 12.7. The fraction of sp³-hybridized carbons (Fsp3) is 0.263. The molecule has 0 spiro atoms. The van der Waals surface area contributed by atoms with E-state index in [0.717, 1.165) is 5.56 Å². The van der Waals surface area contributed by atoms with E-state index in [1.165, 1.54) is 7.11 Å². The quantitative estimate of drug-likeness (QED) is 0.402. The molecule has 4 nitrogen and oxygen atoms in total. The van der Waals surface area contributed by atoms with Gasteiger partial charge in [-0.25, -0.2) is 4.79 Å². The monoisotopic (exact) mass is 348 g/mol. The van der Waals surface area contributed by atoms with Crippen LogP contribution in [-0.2, 0) is 20.7 Å². The van der Waals surface area contributed by atoms with E-state index in [2.05, 4.69) is 19.7 Å². The number of methoxy groups -OCH3 is 1. The Balaban J connectivity index is 3.23. The van der Waals surface area contributed by atoms with E-state index in [1.54, 1.807) is 19.1 Å². The van der Waals surface area contributed by atoms with E-state index in [1.807, 2.05) is 6.92 Å². The molecule has 0 amide bonds. The van der Waals surface area contributed by atoms with Gasteiger partial charge in [0.2, 0.25) is 0 Å². The summed E-state index contributed by atoms with van der Waals surface area (Å²) in [7, 11) is 1.48. The molecular formula is C19H21ClO4. The fourth-order valence-electron chi connectivity index (χ4n) is 2.19. The maximum absolute atomic E-state index is 12.7. The standard InChI is InChI=1S/C19H21ClO4/c1-7-14-9-15(20)10-16(23-6)17(14)13(5)18(21)11(3)12(4)19(22)24-8-2/h9-10H,3-5,7-8H2,1-2,6H3. The highest BCUT2D eigenvalue weighted by molar-refractivity contribution is 6.33. The number of hydrogen-bond donors (Lipinski definition) is 0. The lowest BCUT2D eigenvalue weighted by Crippen LogP contribution is -2.15. The smallest absolute Gasteiger partial charge is 0.338 e. The summed E-state index contributed by atoms with van der Waals surface area (Å²) in [6.45, 7) is 14.9. The largest absolute Gasteiger partial charge is 0.496 e. The molecule has 0 N–H and O–H groups in total. The van der Waals surface area contributed by atoms with Crippen LogP contribution in [0.5, 0.6) is 5.75 Å². The van der Waals surface area contributed by atoms with Gasteiger partial charge in [0.25, 0.3) is 0 Å². The SMILES string of the molecule is C=C(C(=C)C(=O)C(=C)c1c(CC)cc(Cl)cc1OC)C(=O)OCC. The van der Waals surface area contributed by atoms with Crippen LogP contribution in [0.1, 0.15) is 25.0 Å². The molecule has 0 saturated heterocycles. The minimum absolute atomic E-state index is 0.0579. The molecule has 0 atom stereocenters. The number of carbonyl (C=O) groups is 2. The number of carbonyl (C=O) groups excluding carboxylic acids is 2. The average molecular weight is 349 g/mol. The van der Waals surface area contributed by atoms with Gasteiger partial charge in [-0.3, -0.25) is 4.79 Å². The third-order valence-electron chi connectivity index (χ3n) is 3.49. The van der Waals surface area contributed by atoms with Gasteiger partial charge in [-0.2, -0.15) is 0 Å². The molecule has 1 aromatic carbocycles. The zero-order valence-corrected chi connectivity index (χ0v) is 15.0. The van der Waals surface area contributed by atoms with Crippen LogP contribution >= 0.6 is 11.6 Å². The number of aryl methyl sites for hydroxylation is 1. The van der Waals surface area contributed by atoms with Crippen molar-refractivity contribution in [3.05, 3.63) is 59.2 Å². The van der Waals surface area contributed by atoms with Gasteiger partial charge in [0.1, 0.15) is 5.75 Å². The molecule has 0 radical (unpaired) electrons. The Bertz CT molecular complexity index is 691. The molecule has 0 bridgehead atoms. The van der Waals surface area contributed by atoms with Crippen LogP contribution < -0.4 is 4.74 Å². The number of halogens is 1. The summed E-state index contributed by atoms with van der Waals surface area (Å²) in [6.07, 6.45) is 0.629. The van der Waals surface area contributed by atoms with Crippen LogP contribution in [0.2, 0.25) is 5.02 Å². The van der Waals surface area contributed by atoms with Crippen LogP contribution in [0.4, 0.5) is 0 Å². The Hall–Kier alpha value is -2.33. The normalized spacial score (nSPS) is 10.0. The number of Topliss-reactive ketones (excluding diaryl/α,β-unsaturated/α-hetero) is 1. The summed E-state index contributed by atoms with van der Waals surface area (Å²) in [5.74, 6) is -0.738. The van der Waals surface area contributed by atoms with Gasteiger partial charge in [0.05, 0.1) is 19.3 Å². The second-order valence-electron chi connectivity index (χ2n) is 4.98. The molecule has 1 rings (SSSR count). The van der Waals surface area contributed by atoms with E-state index in [-0.39, 0.29) is 23.3 Å². The maximum Gasteiger partial charge on any atom is 0.338 e. The Morgan fingerprint density at radius 3 is 2.25 bits per heavy atom. The van der Waals surface area contributed by atoms with Gasteiger partial charge in [-0.1, -0.05) is 38.3 Å². The highest BCUT2D eigenvalue weighted by Crippen LogP contribution is 2.34. The second-order valence-corrected chi connectivity index (χ2v) is 5.42. The molecule has 0 fully saturated rings. The first-order valence-corrected chi connectivity index (χ1v) is 7.81. The van der Waals surface area contributed by atoms with E-state index < -0.39 is 11.8 Å². The van der Waals surface area contributed by atoms with Crippen LogP contribution in [-0.4, -0.2) is 25.5 Å². The molecule has 128 valence electrons. The minimum Gasteiger partial charge on any atom is -0.496 e. The van der Waals surface area contributed by atoms with Crippen LogP contribution in [0.3, 0.4) is 0 Å². The molecule has 0 unspecified atom stereocenters. The lowest BCUT2D eigenvalue weighted by atomic mass is 9.91. The first-order chi connectivity index (χ1) is 11.3. The molecule has 0 aromatic heterocycles. The second kappa shape index (κ2) is 8.50. The van der Waals surface area contributed by atoms with Gasteiger partial charge in [0.15, 0.2) is 5.78 Å². The zero-order valence-electron chi connectivity index (χ0n) is 14.2. The molecule has 0 aliphatic rings. The molecule has 24 heavy (non-hydrogen) atoms. The first-order valence-electron chi connectivity index (χ1n) is 7.44. The van der Waals surface area contributed by atoms with E-state index in [4.69, 9.17) is 21.1 Å². The molecule has 0 saturated carbocycles. The summed E-state index contributed by atoms with van der Waals surface area (Å²) in [4.78, 5) is 24.4. The number of allylic oxidation sites excluding steroid dienone is 1. The first kappa shape index (κ1) is 19.7. The summed E-state index contributed by atoms with van der Waals surface area (Å²) < 4.78 is 10.2. The zero-order chi connectivity index (χ0) is 18.4. The lowest BCUT2D eigenvalue weighted by Gasteiger charge is -2.16. The molecule has 5 heteroatoms. The van der Waals surface area contributed by atoms with Gasteiger partial charge in [-0.15, -0.1) is 0 Å². The number of esters is 1. The summed E-state index contributed by atoms with van der Waals surface area (Å²) in [5.41, 5.74) is 1.38. The van der Waals surface area contributed by atoms with Gasteiger partial charge >= 0.3 is 5.97 Å². The predicted octanol–water partition coefficient (Wildman–Crippen LogP) is 4.17. The van der Waals surface area contributed by atoms with Crippen molar-refractivity contribution in [1.82, 2.24) is 0 Å². The third kappa shape index (κ3) is 4.15. The van der Waals surface area contributed by atoms with E-state index >= 15 is 0 Å². The van der Waals surface area contributed by atoms with Crippen molar-refractivity contribution in [1.29, 1.82) is 0 Å². The Morgan fingerprint density at radius 1 is 1.12 bits per heavy atom. The van der Waals surface area contributed by atoms with Crippen molar-refractivity contribution in [2.45, 2.75) is 20.3 Å². The number of benzene rings is 1. The number of ether oxygens (including phenoxy) is 2. The van der Waals surface area contributed by atoms with Crippen LogP contribution in [0.15, 0.2) is 43.0 Å². The topological polar surface area (TPSA) is 52.6 Å². The molecule has 0 aliphatic carbocycles. The van der Waals surface area contributed by atoms with Crippen molar-refractivity contribution in [2.24, 2.45) is 0 Å². The fourth-order valence-corrected chi connectivity index (χ4v) is 2.42. The van der Waals surface area contributed by atoms with Crippen LogP contribution in [0, 0.1) is 0 Å². The summed E-state index contributed by atoms with van der Waals surface area (Å²) >= 11 is 6.07. The van der Waals surface area contributed by atoms with E-state index in [9.17, 15) is 9.59 Å². The number of hydrogen-bond acceptors (Lipinski definition) is 4. The molecular weight excluding hydrogens is 328 g/mol.